The van der Waals surface area contributed by atoms with E-state index in [9.17, 15) is 4.79 Å². The molecule has 84 valence electrons. The Balaban J connectivity index is 2.82. The van der Waals surface area contributed by atoms with Gasteiger partial charge in [0.25, 0.3) is 0 Å². The minimum absolute atomic E-state index is 0.125. The van der Waals surface area contributed by atoms with E-state index in [0.717, 1.165) is 6.54 Å². The van der Waals surface area contributed by atoms with Crippen molar-refractivity contribution in [3.8, 4) is 12.3 Å². The molecule has 0 aromatic rings. The van der Waals surface area contributed by atoms with E-state index in [2.05, 4.69) is 33.6 Å². The Morgan fingerprint density at radius 3 is 2.53 bits per heavy atom. The van der Waals surface area contributed by atoms with Crippen molar-refractivity contribution < 1.29 is 4.79 Å². The van der Waals surface area contributed by atoms with Crippen molar-refractivity contribution in [1.82, 2.24) is 9.80 Å². The number of nitrogens with zero attached hydrogens (tertiary/aromatic N) is 2. The first-order chi connectivity index (χ1) is 6.88. The Hall–Kier alpha value is -1.01. The van der Waals surface area contributed by atoms with Gasteiger partial charge in [0.1, 0.15) is 0 Å². The van der Waals surface area contributed by atoms with Gasteiger partial charge >= 0.3 is 0 Å². The van der Waals surface area contributed by atoms with E-state index in [1.807, 2.05) is 9.80 Å². The van der Waals surface area contributed by atoms with Crippen LogP contribution in [0.3, 0.4) is 0 Å². The van der Waals surface area contributed by atoms with Crippen molar-refractivity contribution in [3.63, 3.8) is 0 Å². The third-order valence-corrected chi connectivity index (χ3v) is 2.72. The number of hydrogen-bond acceptors (Lipinski definition) is 2. The molecule has 0 bridgehead atoms. The maximum absolute atomic E-state index is 12.0. The second-order valence-corrected chi connectivity index (χ2v) is 5.02. The first kappa shape index (κ1) is 12.1. The van der Waals surface area contributed by atoms with Crippen LogP contribution in [0.2, 0.25) is 0 Å². The monoisotopic (exact) mass is 208 g/mol. The number of amides is 1. The molecule has 0 saturated carbocycles. The molecule has 3 heteroatoms. The molecule has 1 heterocycles. The second-order valence-electron chi connectivity index (χ2n) is 5.02. The Kier molecular flexibility index (Phi) is 3.41. The number of piperazine rings is 1. The zero-order chi connectivity index (χ0) is 11.6. The molecule has 3 nitrogen and oxygen atoms in total. The molecule has 0 aromatic heterocycles. The van der Waals surface area contributed by atoms with Crippen LogP contribution in [0.4, 0.5) is 0 Å². The third kappa shape index (κ3) is 2.51. The van der Waals surface area contributed by atoms with Crippen LogP contribution in [-0.2, 0) is 4.79 Å². The molecular weight excluding hydrogens is 188 g/mol. The maximum atomic E-state index is 12.0. The van der Waals surface area contributed by atoms with Crippen LogP contribution in [0.1, 0.15) is 27.7 Å². The Morgan fingerprint density at radius 1 is 1.53 bits per heavy atom. The van der Waals surface area contributed by atoms with E-state index in [1.54, 1.807) is 0 Å². The molecule has 0 unspecified atom stereocenters. The van der Waals surface area contributed by atoms with E-state index in [0.29, 0.717) is 13.1 Å². The molecule has 1 aliphatic heterocycles. The fourth-order valence-corrected chi connectivity index (χ4v) is 2.51. The molecule has 0 aromatic carbocycles. The van der Waals surface area contributed by atoms with Gasteiger partial charge in [-0.2, -0.15) is 0 Å². The number of carbonyl (C=O) groups is 1. The Morgan fingerprint density at radius 2 is 2.13 bits per heavy atom. The Bertz CT molecular complexity index is 288. The van der Waals surface area contributed by atoms with Gasteiger partial charge in [0.2, 0.25) is 5.91 Å². The summed E-state index contributed by atoms with van der Waals surface area (Å²) in [4.78, 5) is 15.9. The first-order valence-corrected chi connectivity index (χ1v) is 5.36. The maximum Gasteiger partial charge on any atom is 0.237 e. The summed E-state index contributed by atoms with van der Waals surface area (Å²) in [5, 5.41) is 0. The summed E-state index contributed by atoms with van der Waals surface area (Å²) in [7, 11) is 0. The van der Waals surface area contributed by atoms with Crippen LogP contribution in [-0.4, -0.2) is 46.9 Å². The predicted molar refractivity (Wildman–Crippen MR) is 61.3 cm³/mol. The average Bonchev–Trinajstić information content (AvgIpc) is 1.99. The quantitative estimate of drug-likeness (QED) is 0.631. The zero-order valence-electron chi connectivity index (χ0n) is 10.1. The van der Waals surface area contributed by atoms with Crippen molar-refractivity contribution in [3.05, 3.63) is 0 Å². The SMILES string of the molecule is C#CCN1CC(=O)N(C(C)C)C(C)(C)C1. The van der Waals surface area contributed by atoms with Gasteiger partial charge in [0, 0.05) is 12.6 Å². The molecular formula is C12H20N2O. The fourth-order valence-electron chi connectivity index (χ4n) is 2.51. The van der Waals surface area contributed by atoms with Crippen LogP contribution >= 0.6 is 0 Å². The van der Waals surface area contributed by atoms with Gasteiger partial charge in [-0.3, -0.25) is 9.69 Å². The van der Waals surface area contributed by atoms with Crippen molar-refractivity contribution in [2.75, 3.05) is 19.6 Å². The second kappa shape index (κ2) is 4.24. The minimum Gasteiger partial charge on any atom is -0.333 e. The summed E-state index contributed by atoms with van der Waals surface area (Å²) in [5.74, 6) is 2.77. The highest BCUT2D eigenvalue weighted by Crippen LogP contribution is 2.23. The molecule has 0 spiro atoms. The Labute approximate surface area is 92.4 Å². The lowest BCUT2D eigenvalue weighted by Crippen LogP contribution is -2.63. The molecule has 15 heavy (non-hydrogen) atoms. The predicted octanol–water partition coefficient (Wildman–Crippen LogP) is 0.951. The highest BCUT2D eigenvalue weighted by atomic mass is 16.2. The topological polar surface area (TPSA) is 23.6 Å². The van der Waals surface area contributed by atoms with Crippen LogP contribution < -0.4 is 0 Å². The van der Waals surface area contributed by atoms with Crippen molar-refractivity contribution in [2.45, 2.75) is 39.3 Å². The summed E-state index contributed by atoms with van der Waals surface area (Å²) < 4.78 is 0. The van der Waals surface area contributed by atoms with Crippen molar-refractivity contribution in [1.29, 1.82) is 0 Å². The number of terminal acetylenes is 1. The highest BCUT2D eigenvalue weighted by molar-refractivity contribution is 5.80. The summed E-state index contributed by atoms with van der Waals surface area (Å²) in [5.41, 5.74) is -0.125. The molecule has 0 aliphatic carbocycles. The van der Waals surface area contributed by atoms with E-state index >= 15 is 0 Å². The van der Waals surface area contributed by atoms with E-state index in [-0.39, 0.29) is 17.5 Å². The number of rotatable bonds is 2. The smallest absolute Gasteiger partial charge is 0.237 e. The normalized spacial score (nSPS) is 21.9. The molecule has 0 atom stereocenters. The van der Waals surface area contributed by atoms with Gasteiger partial charge in [-0.05, 0) is 27.7 Å². The van der Waals surface area contributed by atoms with E-state index in [1.165, 1.54) is 0 Å². The van der Waals surface area contributed by atoms with Gasteiger partial charge < -0.3 is 4.90 Å². The minimum atomic E-state index is -0.125. The van der Waals surface area contributed by atoms with E-state index in [4.69, 9.17) is 6.42 Å². The lowest BCUT2D eigenvalue weighted by Gasteiger charge is -2.48. The fraction of sp³-hybridized carbons (Fsp3) is 0.750. The van der Waals surface area contributed by atoms with Gasteiger partial charge in [-0.15, -0.1) is 6.42 Å². The molecule has 0 N–H and O–H groups in total. The molecule has 1 aliphatic rings. The number of carbonyl (C=O) groups excluding carboxylic acids is 1. The summed E-state index contributed by atoms with van der Waals surface area (Å²) in [6.45, 7) is 10.1. The summed E-state index contributed by atoms with van der Waals surface area (Å²) in [6.07, 6.45) is 5.27. The average molecular weight is 208 g/mol. The van der Waals surface area contributed by atoms with Crippen LogP contribution in [0.25, 0.3) is 0 Å². The molecule has 1 fully saturated rings. The standard InChI is InChI=1S/C12H20N2O/c1-6-7-13-8-11(15)14(10(2)3)12(4,5)9-13/h1,10H,7-9H2,2-5H3. The lowest BCUT2D eigenvalue weighted by atomic mass is 9.96. The first-order valence-electron chi connectivity index (χ1n) is 5.36. The van der Waals surface area contributed by atoms with Gasteiger partial charge in [0.15, 0.2) is 0 Å². The van der Waals surface area contributed by atoms with E-state index < -0.39 is 0 Å². The number of hydrogen-bond donors (Lipinski definition) is 0. The summed E-state index contributed by atoms with van der Waals surface area (Å²) in [6, 6.07) is 0.250. The van der Waals surface area contributed by atoms with Crippen LogP contribution in [0.15, 0.2) is 0 Å². The lowest BCUT2D eigenvalue weighted by molar-refractivity contribution is -0.147. The van der Waals surface area contributed by atoms with Gasteiger partial charge in [-0.25, -0.2) is 0 Å². The van der Waals surface area contributed by atoms with Crippen LogP contribution in [0, 0.1) is 12.3 Å². The van der Waals surface area contributed by atoms with Crippen molar-refractivity contribution >= 4 is 5.91 Å². The zero-order valence-corrected chi connectivity index (χ0v) is 10.1. The third-order valence-electron chi connectivity index (χ3n) is 2.72. The highest BCUT2D eigenvalue weighted by Gasteiger charge is 2.39. The molecule has 1 amide bonds. The molecule has 1 saturated heterocycles. The van der Waals surface area contributed by atoms with Crippen LogP contribution in [0.5, 0.6) is 0 Å². The van der Waals surface area contributed by atoms with Gasteiger partial charge in [0.05, 0.1) is 18.6 Å². The largest absolute Gasteiger partial charge is 0.333 e. The van der Waals surface area contributed by atoms with Crippen molar-refractivity contribution in [2.24, 2.45) is 0 Å². The molecule has 1 rings (SSSR count). The molecule has 0 radical (unpaired) electrons. The summed E-state index contributed by atoms with van der Waals surface area (Å²) >= 11 is 0. The van der Waals surface area contributed by atoms with Gasteiger partial charge in [-0.1, -0.05) is 5.92 Å².